The lowest BCUT2D eigenvalue weighted by Gasteiger charge is -2.05. The van der Waals surface area contributed by atoms with Crippen LogP contribution in [0.5, 0.6) is 0 Å². The lowest BCUT2D eigenvalue weighted by molar-refractivity contribution is 0.602. The van der Waals surface area contributed by atoms with Crippen molar-refractivity contribution in [1.29, 1.82) is 0 Å². The third-order valence-corrected chi connectivity index (χ3v) is 3.15. The normalized spacial score (nSPS) is 11.2. The monoisotopic (exact) mass is 263 g/mol. The summed E-state index contributed by atoms with van der Waals surface area (Å²) in [5, 5.41) is 16.7. The molecule has 0 radical (unpaired) electrons. The number of hydrogen-bond acceptors (Lipinski definition) is 5. The van der Waals surface area contributed by atoms with Crippen molar-refractivity contribution in [3.05, 3.63) is 22.8 Å². The number of aromatic nitrogens is 6. The first-order chi connectivity index (χ1) is 9.19. The SMILES string of the molecule is CCc1nn(Cc2nnn(C)n2)c(CC)c1CCN. The predicted octanol–water partition coefficient (Wildman–Crippen LogP) is 0.0809. The highest BCUT2D eigenvalue weighted by atomic mass is 15.6. The Hall–Kier alpha value is -1.76. The van der Waals surface area contributed by atoms with Gasteiger partial charge < -0.3 is 5.73 Å². The first kappa shape index (κ1) is 13.7. The van der Waals surface area contributed by atoms with E-state index in [-0.39, 0.29) is 0 Å². The Morgan fingerprint density at radius 2 is 1.95 bits per heavy atom. The first-order valence-corrected chi connectivity index (χ1v) is 6.69. The molecule has 0 fully saturated rings. The van der Waals surface area contributed by atoms with Gasteiger partial charge in [0.2, 0.25) is 0 Å². The summed E-state index contributed by atoms with van der Waals surface area (Å²) in [7, 11) is 1.76. The summed E-state index contributed by atoms with van der Waals surface area (Å²) in [5.41, 5.74) is 9.35. The molecule has 0 saturated carbocycles. The second-order valence-corrected chi connectivity index (χ2v) is 4.47. The van der Waals surface area contributed by atoms with E-state index in [1.807, 2.05) is 4.68 Å². The van der Waals surface area contributed by atoms with Crippen LogP contribution in [0.3, 0.4) is 0 Å². The molecule has 0 saturated heterocycles. The highest BCUT2D eigenvalue weighted by Crippen LogP contribution is 2.17. The molecule has 0 aliphatic heterocycles. The van der Waals surface area contributed by atoms with Crippen molar-refractivity contribution in [3.8, 4) is 0 Å². The molecule has 19 heavy (non-hydrogen) atoms. The van der Waals surface area contributed by atoms with Crippen LogP contribution in [0, 0.1) is 0 Å². The third-order valence-electron chi connectivity index (χ3n) is 3.15. The zero-order chi connectivity index (χ0) is 13.8. The molecular weight excluding hydrogens is 242 g/mol. The van der Waals surface area contributed by atoms with Gasteiger partial charge in [-0.2, -0.15) is 9.90 Å². The number of tetrazole rings is 1. The van der Waals surface area contributed by atoms with Crippen LogP contribution in [0.4, 0.5) is 0 Å². The first-order valence-electron chi connectivity index (χ1n) is 6.69. The number of hydrogen-bond donors (Lipinski definition) is 1. The fourth-order valence-electron chi connectivity index (χ4n) is 2.35. The van der Waals surface area contributed by atoms with Crippen molar-refractivity contribution in [2.75, 3.05) is 6.54 Å². The minimum absolute atomic E-state index is 0.564. The van der Waals surface area contributed by atoms with Gasteiger partial charge in [-0.1, -0.05) is 13.8 Å². The number of nitrogens with two attached hydrogens (primary N) is 1. The molecule has 104 valence electrons. The maximum atomic E-state index is 5.70. The Labute approximate surface area is 112 Å². The average Bonchev–Trinajstić information content (AvgIpc) is 2.94. The van der Waals surface area contributed by atoms with E-state index in [1.54, 1.807) is 7.05 Å². The highest BCUT2D eigenvalue weighted by molar-refractivity contribution is 5.27. The summed E-state index contributed by atoms with van der Waals surface area (Å²) in [4.78, 5) is 1.46. The van der Waals surface area contributed by atoms with E-state index in [0.29, 0.717) is 18.9 Å². The molecule has 2 rings (SSSR count). The third kappa shape index (κ3) is 2.81. The van der Waals surface area contributed by atoms with Crippen LogP contribution >= 0.6 is 0 Å². The Kier molecular flexibility index (Phi) is 4.26. The van der Waals surface area contributed by atoms with Crippen molar-refractivity contribution in [2.24, 2.45) is 12.8 Å². The summed E-state index contributed by atoms with van der Waals surface area (Å²) in [6.45, 7) is 5.47. The molecule has 7 heteroatoms. The van der Waals surface area contributed by atoms with Gasteiger partial charge in [0, 0.05) is 5.69 Å². The van der Waals surface area contributed by atoms with Crippen LogP contribution in [-0.4, -0.2) is 36.5 Å². The Balaban J connectivity index is 2.33. The van der Waals surface area contributed by atoms with Crippen molar-refractivity contribution in [1.82, 2.24) is 30.0 Å². The Morgan fingerprint density at radius 1 is 1.16 bits per heavy atom. The molecule has 2 aromatic heterocycles. The van der Waals surface area contributed by atoms with Crippen LogP contribution in [0.25, 0.3) is 0 Å². The second kappa shape index (κ2) is 5.92. The van der Waals surface area contributed by atoms with E-state index in [2.05, 4.69) is 34.4 Å². The van der Waals surface area contributed by atoms with Gasteiger partial charge in [0.1, 0.15) is 6.54 Å². The van der Waals surface area contributed by atoms with Gasteiger partial charge in [-0.25, -0.2) is 0 Å². The summed E-state index contributed by atoms with van der Waals surface area (Å²) < 4.78 is 1.99. The number of rotatable bonds is 6. The molecule has 0 aliphatic carbocycles. The maximum absolute atomic E-state index is 5.70. The van der Waals surface area contributed by atoms with Gasteiger partial charge in [0.25, 0.3) is 0 Å². The quantitative estimate of drug-likeness (QED) is 0.797. The lowest BCUT2D eigenvalue weighted by atomic mass is 10.1. The van der Waals surface area contributed by atoms with Crippen molar-refractivity contribution in [3.63, 3.8) is 0 Å². The van der Waals surface area contributed by atoms with E-state index < -0.39 is 0 Å². The van der Waals surface area contributed by atoms with Gasteiger partial charge in [-0.05, 0) is 36.6 Å². The minimum atomic E-state index is 0.564. The summed E-state index contributed by atoms with van der Waals surface area (Å²) in [6.07, 6.45) is 2.73. The topological polar surface area (TPSA) is 87.4 Å². The Bertz CT molecular complexity index is 540. The molecule has 0 aromatic carbocycles. The zero-order valence-electron chi connectivity index (χ0n) is 11.8. The molecule has 0 amide bonds. The van der Waals surface area contributed by atoms with Crippen molar-refractivity contribution in [2.45, 2.75) is 39.7 Å². The largest absolute Gasteiger partial charge is 0.330 e. The molecular formula is C12H21N7. The smallest absolute Gasteiger partial charge is 0.196 e. The van der Waals surface area contributed by atoms with E-state index in [1.165, 1.54) is 16.1 Å². The Morgan fingerprint density at radius 3 is 2.47 bits per heavy atom. The molecule has 7 nitrogen and oxygen atoms in total. The molecule has 0 bridgehead atoms. The fraction of sp³-hybridized carbons (Fsp3) is 0.667. The zero-order valence-corrected chi connectivity index (χ0v) is 11.8. The van der Waals surface area contributed by atoms with Crippen LogP contribution < -0.4 is 5.73 Å². The van der Waals surface area contributed by atoms with Crippen LogP contribution in [0.15, 0.2) is 0 Å². The minimum Gasteiger partial charge on any atom is -0.330 e. The lowest BCUT2D eigenvalue weighted by Crippen LogP contribution is -2.10. The maximum Gasteiger partial charge on any atom is 0.196 e. The van der Waals surface area contributed by atoms with Gasteiger partial charge in [0.15, 0.2) is 5.82 Å². The molecule has 0 unspecified atom stereocenters. The van der Waals surface area contributed by atoms with E-state index in [0.717, 1.165) is 25.0 Å². The molecule has 0 atom stereocenters. The van der Waals surface area contributed by atoms with Crippen molar-refractivity contribution < 1.29 is 0 Å². The van der Waals surface area contributed by atoms with Gasteiger partial charge >= 0.3 is 0 Å². The summed E-state index contributed by atoms with van der Waals surface area (Å²) in [6, 6.07) is 0. The standard InChI is InChI=1S/C12H21N7/c1-4-10-9(6-7-13)11(5-2)19(15-10)8-12-14-17-18(3)16-12/h4-8,13H2,1-3H3. The van der Waals surface area contributed by atoms with Crippen LogP contribution in [0.2, 0.25) is 0 Å². The molecule has 0 aliphatic rings. The number of aryl methyl sites for hydroxylation is 2. The van der Waals surface area contributed by atoms with E-state index in [4.69, 9.17) is 5.73 Å². The number of nitrogens with zero attached hydrogens (tertiary/aromatic N) is 6. The predicted molar refractivity (Wildman–Crippen MR) is 71.6 cm³/mol. The van der Waals surface area contributed by atoms with Gasteiger partial charge in [-0.3, -0.25) is 4.68 Å². The molecule has 0 spiro atoms. The highest BCUT2D eigenvalue weighted by Gasteiger charge is 2.16. The van der Waals surface area contributed by atoms with Crippen molar-refractivity contribution >= 4 is 0 Å². The van der Waals surface area contributed by atoms with Crippen LogP contribution in [-0.2, 0) is 32.9 Å². The van der Waals surface area contributed by atoms with Crippen LogP contribution in [0.1, 0.15) is 36.6 Å². The second-order valence-electron chi connectivity index (χ2n) is 4.47. The molecule has 2 aromatic rings. The fourth-order valence-corrected chi connectivity index (χ4v) is 2.35. The average molecular weight is 263 g/mol. The molecule has 2 heterocycles. The van der Waals surface area contributed by atoms with E-state index >= 15 is 0 Å². The van der Waals surface area contributed by atoms with Gasteiger partial charge in [-0.15, -0.1) is 10.2 Å². The van der Waals surface area contributed by atoms with Gasteiger partial charge in [0.05, 0.1) is 12.7 Å². The molecule has 2 N–H and O–H groups in total. The summed E-state index contributed by atoms with van der Waals surface area (Å²) >= 11 is 0. The van der Waals surface area contributed by atoms with E-state index in [9.17, 15) is 0 Å². The summed E-state index contributed by atoms with van der Waals surface area (Å²) in [5.74, 6) is 0.682.